The van der Waals surface area contributed by atoms with Crippen molar-refractivity contribution in [2.24, 2.45) is 17.3 Å². The third kappa shape index (κ3) is 3.10. The Morgan fingerprint density at radius 1 is 0.897 bits per heavy atom. The first kappa shape index (κ1) is 18.8. The van der Waals surface area contributed by atoms with Crippen molar-refractivity contribution in [2.45, 2.75) is 57.4 Å². The summed E-state index contributed by atoms with van der Waals surface area (Å²) in [7, 11) is 3.50. The van der Waals surface area contributed by atoms with Crippen molar-refractivity contribution >= 4 is 5.69 Å². The van der Waals surface area contributed by atoms with E-state index in [-0.39, 0.29) is 0 Å². The van der Waals surface area contributed by atoms with Crippen molar-refractivity contribution in [3.05, 3.63) is 53.6 Å². The summed E-state index contributed by atoms with van der Waals surface area (Å²) in [6.07, 6.45) is 7.82. The van der Waals surface area contributed by atoms with Gasteiger partial charge in [-0.05, 0) is 109 Å². The minimum Gasteiger partial charge on any atom is -0.497 e. The number of fused-ring (bicyclic) bond motifs is 5. The molecule has 0 aliphatic heterocycles. The third-order valence-corrected chi connectivity index (χ3v) is 8.36. The maximum atomic E-state index is 5.47. The zero-order chi connectivity index (χ0) is 20.0. The molecular weight excluding hydrogens is 358 g/mol. The molecule has 2 aromatic rings. The molecule has 5 rings (SSSR count). The summed E-state index contributed by atoms with van der Waals surface area (Å²) in [5.74, 6) is 4.32. The molecule has 5 atom stereocenters. The van der Waals surface area contributed by atoms with E-state index < -0.39 is 0 Å². The molecule has 2 fully saturated rings. The molecule has 2 aromatic carbocycles. The lowest BCUT2D eigenvalue weighted by molar-refractivity contribution is 0.0535. The van der Waals surface area contributed by atoms with Crippen molar-refractivity contribution in [1.29, 1.82) is 0 Å². The van der Waals surface area contributed by atoms with Crippen LogP contribution < -0.4 is 14.8 Å². The summed E-state index contributed by atoms with van der Waals surface area (Å²) in [4.78, 5) is 0. The number of methoxy groups -OCH3 is 2. The second kappa shape index (κ2) is 7.27. The van der Waals surface area contributed by atoms with Gasteiger partial charge in [0.25, 0.3) is 0 Å². The Morgan fingerprint density at radius 3 is 2.41 bits per heavy atom. The predicted molar refractivity (Wildman–Crippen MR) is 118 cm³/mol. The van der Waals surface area contributed by atoms with E-state index >= 15 is 0 Å². The standard InChI is InChI=1S/C26H33NO2/c1-26-15-14-22-21-11-9-20(29-3)16-17(21)4-10-23(22)24(26)12-13-25(26)27-18-5-7-19(28-2)8-6-18/h5-9,11,16,22-25,27H,4,10,12-15H2,1-3H3/t22-,23-,24+,25+,26+/m1/s1. The fourth-order valence-electron chi connectivity index (χ4n) is 6.81. The van der Waals surface area contributed by atoms with Crippen LogP contribution in [-0.4, -0.2) is 20.3 Å². The van der Waals surface area contributed by atoms with Crippen molar-refractivity contribution in [3.63, 3.8) is 0 Å². The fraction of sp³-hybridized carbons (Fsp3) is 0.538. The smallest absolute Gasteiger partial charge is 0.119 e. The Hall–Kier alpha value is -2.16. The number of hydrogen-bond acceptors (Lipinski definition) is 3. The summed E-state index contributed by atoms with van der Waals surface area (Å²) in [5, 5.41) is 3.89. The fourth-order valence-corrected chi connectivity index (χ4v) is 6.81. The number of anilines is 1. The molecule has 2 saturated carbocycles. The highest BCUT2D eigenvalue weighted by molar-refractivity contribution is 5.48. The van der Waals surface area contributed by atoms with E-state index in [1.807, 2.05) is 0 Å². The van der Waals surface area contributed by atoms with E-state index in [0.29, 0.717) is 11.5 Å². The summed E-state index contributed by atoms with van der Waals surface area (Å²) in [5.41, 5.74) is 4.75. The molecule has 154 valence electrons. The van der Waals surface area contributed by atoms with Crippen LogP contribution in [0, 0.1) is 17.3 Å². The van der Waals surface area contributed by atoms with Crippen LogP contribution in [0.4, 0.5) is 5.69 Å². The number of benzene rings is 2. The maximum absolute atomic E-state index is 5.47. The van der Waals surface area contributed by atoms with E-state index in [9.17, 15) is 0 Å². The molecule has 3 heteroatoms. The quantitative estimate of drug-likeness (QED) is 0.689. The van der Waals surface area contributed by atoms with Gasteiger partial charge in [-0.2, -0.15) is 0 Å². The average Bonchev–Trinajstić information content (AvgIpc) is 3.09. The van der Waals surface area contributed by atoms with Crippen LogP contribution in [0.3, 0.4) is 0 Å². The van der Waals surface area contributed by atoms with Gasteiger partial charge in [-0.25, -0.2) is 0 Å². The molecule has 1 N–H and O–H groups in total. The predicted octanol–water partition coefficient (Wildman–Crippen LogP) is 6.04. The van der Waals surface area contributed by atoms with Gasteiger partial charge in [0.15, 0.2) is 0 Å². The second-order valence-electron chi connectivity index (χ2n) is 9.53. The van der Waals surface area contributed by atoms with Crippen LogP contribution in [0.5, 0.6) is 11.5 Å². The van der Waals surface area contributed by atoms with Crippen LogP contribution in [-0.2, 0) is 6.42 Å². The van der Waals surface area contributed by atoms with Gasteiger partial charge in [-0.1, -0.05) is 13.0 Å². The normalized spacial score (nSPS) is 32.7. The number of rotatable bonds is 4. The van der Waals surface area contributed by atoms with Crippen molar-refractivity contribution in [2.75, 3.05) is 19.5 Å². The van der Waals surface area contributed by atoms with Gasteiger partial charge in [0.1, 0.15) is 11.5 Å². The van der Waals surface area contributed by atoms with Gasteiger partial charge in [0.05, 0.1) is 14.2 Å². The Morgan fingerprint density at radius 2 is 1.66 bits per heavy atom. The molecule has 0 amide bonds. The first-order chi connectivity index (χ1) is 14.1. The van der Waals surface area contributed by atoms with E-state index in [2.05, 4.69) is 54.7 Å². The molecule has 3 aliphatic carbocycles. The Kier molecular flexibility index (Phi) is 4.72. The zero-order valence-electron chi connectivity index (χ0n) is 17.9. The van der Waals surface area contributed by atoms with Gasteiger partial charge in [0.2, 0.25) is 0 Å². The Labute approximate surface area is 174 Å². The molecule has 0 heterocycles. The van der Waals surface area contributed by atoms with E-state index in [0.717, 1.165) is 29.3 Å². The molecule has 3 nitrogen and oxygen atoms in total. The molecule has 3 aliphatic rings. The summed E-state index contributed by atoms with van der Waals surface area (Å²) in [6, 6.07) is 15.8. The van der Waals surface area contributed by atoms with Crippen LogP contribution in [0.25, 0.3) is 0 Å². The van der Waals surface area contributed by atoms with Crippen molar-refractivity contribution in [3.8, 4) is 11.5 Å². The van der Waals surface area contributed by atoms with Crippen LogP contribution in [0.2, 0.25) is 0 Å². The first-order valence-electron chi connectivity index (χ1n) is 11.2. The lowest BCUT2D eigenvalue weighted by atomic mass is 9.55. The number of hydrogen-bond donors (Lipinski definition) is 1. The van der Waals surface area contributed by atoms with Gasteiger partial charge in [-0.15, -0.1) is 0 Å². The van der Waals surface area contributed by atoms with E-state index in [1.54, 1.807) is 19.8 Å². The van der Waals surface area contributed by atoms with Gasteiger partial charge < -0.3 is 14.8 Å². The molecule has 0 radical (unpaired) electrons. The Bertz CT molecular complexity index is 877. The maximum Gasteiger partial charge on any atom is 0.119 e. The van der Waals surface area contributed by atoms with E-state index in [4.69, 9.17) is 9.47 Å². The first-order valence-corrected chi connectivity index (χ1v) is 11.2. The average molecular weight is 392 g/mol. The SMILES string of the molecule is COc1ccc(N[C@H]2CC[C@H]3[C@@H]4CCc5cc(OC)ccc5[C@H]4CC[C@]23C)cc1. The third-order valence-electron chi connectivity index (χ3n) is 8.36. The van der Waals surface area contributed by atoms with Gasteiger partial charge >= 0.3 is 0 Å². The minimum absolute atomic E-state index is 0.394. The van der Waals surface area contributed by atoms with Crippen LogP contribution in [0.1, 0.15) is 56.1 Å². The summed E-state index contributed by atoms with van der Waals surface area (Å²) >= 11 is 0. The monoisotopic (exact) mass is 391 g/mol. The highest BCUT2D eigenvalue weighted by atomic mass is 16.5. The molecule has 0 aromatic heterocycles. The second-order valence-corrected chi connectivity index (χ2v) is 9.53. The molecule has 0 saturated heterocycles. The minimum atomic E-state index is 0.394. The molecule has 0 spiro atoms. The highest BCUT2D eigenvalue weighted by Gasteiger charge is 2.54. The largest absolute Gasteiger partial charge is 0.497 e. The van der Waals surface area contributed by atoms with Crippen molar-refractivity contribution < 1.29 is 9.47 Å². The topological polar surface area (TPSA) is 30.5 Å². The zero-order valence-corrected chi connectivity index (χ0v) is 17.9. The van der Waals surface area contributed by atoms with Gasteiger partial charge in [0, 0.05) is 11.7 Å². The highest BCUT2D eigenvalue weighted by Crippen LogP contribution is 2.61. The summed E-state index contributed by atoms with van der Waals surface area (Å²) < 4.78 is 10.8. The molecule has 0 unspecified atom stereocenters. The van der Waals surface area contributed by atoms with Crippen LogP contribution >= 0.6 is 0 Å². The molecular formula is C26H33NO2. The molecule has 0 bridgehead atoms. The van der Waals surface area contributed by atoms with Crippen molar-refractivity contribution in [1.82, 2.24) is 0 Å². The number of ether oxygens (including phenoxy) is 2. The lowest BCUT2D eigenvalue weighted by Crippen LogP contribution is -2.46. The lowest BCUT2D eigenvalue weighted by Gasteiger charge is -2.51. The summed E-state index contributed by atoms with van der Waals surface area (Å²) in [6.45, 7) is 2.56. The number of nitrogens with one attached hydrogen (secondary N) is 1. The molecule has 29 heavy (non-hydrogen) atoms. The number of aryl methyl sites for hydroxylation is 1. The van der Waals surface area contributed by atoms with E-state index in [1.165, 1.54) is 49.8 Å². The van der Waals surface area contributed by atoms with Gasteiger partial charge in [-0.3, -0.25) is 0 Å². The van der Waals surface area contributed by atoms with Crippen LogP contribution in [0.15, 0.2) is 42.5 Å². The Balaban J connectivity index is 1.36.